The molecule has 1 aliphatic rings. The summed E-state index contributed by atoms with van der Waals surface area (Å²) in [4.78, 5) is 12.1. The number of hydrogen-bond donors (Lipinski definition) is 2. The van der Waals surface area contributed by atoms with E-state index in [-0.39, 0.29) is 5.91 Å². The first kappa shape index (κ1) is 12.9. The van der Waals surface area contributed by atoms with Crippen LogP contribution in [-0.2, 0) is 0 Å². The van der Waals surface area contributed by atoms with Crippen molar-refractivity contribution in [2.75, 3.05) is 11.9 Å². The quantitative estimate of drug-likeness (QED) is 0.838. The Bertz CT molecular complexity index is 425. The molecule has 2 N–H and O–H groups in total. The molecule has 3 heteroatoms. The highest BCUT2D eigenvalue weighted by Crippen LogP contribution is 2.20. The predicted octanol–water partition coefficient (Wildman–Crippen LogP) is 3.10. The molecular weight excluding hydrogens is 224 g/mol. The zero-order chi connectivity index (χ0) is 13.0. The molecule has 0 unspecified atom stereocenters. The second-order valence-electron chi connectivity index (χ2n) is 5.06. The summed E-state index contributed by atoms with van der Waals surface area (Å²) >= 11 is 0. The molecule has 0 atom stereocenters. The number of nitrogens with one attached hydrogen (secondary N) is 2. The third-order valence-corrected chi connectivity index (χ3v) is 3.49. The van der Waals surface area contributed by atoms with Crippen LogP contribution in [0.1, 0.15) is 48.5 Å². The first-order chi connectivity index (χ1) is 8.70. The van der Waals surface area contributed by atoms with E-state index in [1.807, 2.05) is 25.1 Å². The first-order valence-electron chi connectivity index (χ1n) is 6.86. The molecule has 1 aromatic rings. The van der Waals surface area contributed by atoms with Crippen molar-refractivity contribution in [2.45, 2.75) is 45.6 Å². The average Bonchev–Trinajstić information content (AvgIpc) is 2.31. The molecule has 0 aromatic heterocycles. The van der Waals surface area contributed by atoms with Gasteiger partial charge in [-0.25, -0.2) is 0 Å². The van der Waals surface area contributed by atoms with E-state index in [2.05, 4.69) is 17.6 Å². The van der Waals surface area contributed by atoms with Crippen molar-refractivity contribution in [2.24, 2.45) is 0 Å². The Hall–Kier alpha value is -1.51. The zero-order valence-corrected chi connectivity index (χ0v) is 11.3. The molecule has 1 aliphatic carbocycles. The lowest BCUT2D eigenvalue weighted by molar-refractivity contribution is 0.0916. The van der Waals surface area contributed by atoms with Crippen LogP contribution < -0.4 is 10.6 Å². The molecule has 0 aliphatic heterocycles. The summed E-state index contributed by atoms with van der Waals surface area (Å²) in [7, 11) is 0. The van der Waals surface area contributed by atoms with E-state index in [0.29, 0.717) is 6.04 Å². The Balaban J connectivity index is 2.01. The van der Waals surface area contributed by atoms with E-state index in [4.69, 9.17) is 0 Å². The van der Waals surface area contributed by atoms with Crippen molar-refractivity contribution in [3.8, 4) is 0 Å². The van der Waals surface area contributed by atoms with Gasteiger partial charge in [0.1, 0.15) is 0 Å². The monoisotopic (exact) mass is 246 g/mol. The summed E-state index contributed by atoms with van der Waals surface area (Å²) in [6.07, 6.45) is 4.59. The minimum Gasteiger partial charge on any atom is -0.385 e. The smallest absolute Gasteiger partial charge is 0.251 e. The third-order valence-electron chi connectivity index (χ3n) is 3.49. The summed E-state index contributed by atoms with van der Waals surface area (Å²) in [6.45, 7) is 5.10. The van der Waals surface area contributed by atoms with E-state index in [1.165, 1.54) is 6.42 Å². The highest BCUT2D eigenvalue weighted by molar-refractivity contribution is 5.96. The van der Waals surface area contributed by atoms with Crippen molar-refractivity contribution in [1.82, 2.24) is 5.32 Å². The van der Waals surface area contributed by atoms with Crippen LogP contribution in [0.15, 0.2) is 18.2 Å². The summed E-state index contributed by atoms with van der Waals surface area (Å²) in [5.74, 6) is 0.0687. The predicted molar refractivity (Wildman–Crippen MR) is 75.1 cm³/mol. The van der Waals surface area contributed by atoms with Gasteiger partial charge in [-0.3, -0.25) is 4.79 Å². The largest absolute Gasteiger partial charge is 0.385 e. The van der Waals surface area contributed by atoms with Crippen molar-refractivity contribution in [3.63, 3.8) is 0 Å². The van der Waals surface area contributed by atoms with Crippen LogP contribution in [0.2, 0.25) is 0 Å². The maximum absolute atomic E-state index is 12.1. The third kappa shape index (κ3) is 3.03. The van der Waals surface area contributed by atoms with Crippen molar-refractivity contribution < 1.29 is 4.79 Å². The van der Waals surface area contributed by atoms with Crippen LogP contribution >= 0.6 is 0 Å². The van der Waals surface area contributed by atoms with Crippen LogP contribution in [0, 0.1) is 6.92 Å². The number of anilines is 1. The molecule has 0 spiro atoms. The van der Waals surface area contributed by atoms with Gasteiger partial charge in [0.15, 0.2) is 0 Å². The lowest BCUT2D eigenvalue weighted by Crippen LogP contribution is -2.39. The number of hydrogen-bond acceptors (Lipinski definition) is 2. The standard InChI is InChI=1S/C15H22N2O/c1-3-9-16-13-7-8-14(11(2)10-13)15(18)17-12-5-4-6-12/h7-8,10,12,16H,3-6,9H2,1-2H3,(H,17,18). The van der Waals surface area contributed by atoms with Crippen molar-refractivity contribution in [1.29, 1.82) is 0 Å². The Morgan fingerprint density at radius 2 is 2.17 bits per heavy atom. The van der Waals surface area contributed by atoms with Crippen molar-refractivity contribution >= 4 is 11.6 Å². The van der Waals surface area contributed by atoms with E-state index in [1.54, 1.807) is 0 Å². The number of rotatable bonds is 5. The minimum absolute atomic E-state index is 0.0687. The Kier molecular flexibility index (Phi) is 4.24. The Morgan fingerprint density at radius 1 is 1.39 bits per heavy atom. The highest BCUT2D eigenvalue weighted by atomic mass is 16.1. The van der Waals surface area contributed by atoms with Gasteiger partial charge in [0, 0.05) is 23.8 Å². The molecule has 1 amide bonds. The van der Waals surface area contributed by atoms with Gasteiger partial charge < -0.3 is 10.6 Å². The van der Waals surface area contributed by atoms with Gasteiger partial charge >= 0.3 is 0 Å². The fourth-order valence-electron chi connectivity index (χ4n) is 2.11. The van der Waals surface area contributed by atoms with E-state index < -0.39 is 0 Å². The van der Waals surface area contributed by atoms with Gasteiger partial charge in [0.2, 0.25) is 0 Å². The molecule has 3 nitrogen and oxygen atoms in total. The zero-order valence-electron chi connectivity index (χ0n) is 11.3. The second-order valence-corrected chi connectivity index (χ2v) is 5.06. The number of carbonyl (C=O) groups is 1. The summed E-state index contributed by atoms with van der Waals surface area (Å²) in [6, 6.07) is 6.35. The molecule has 0 radical (unpaired) electrons. The molecule has 98 valence electrons. The molecule has 0 bridgehead atoms. The van der Waals surface area contributed by atoms with E-state index in [0.717, 1.165) is 42.6 Å². The first-order valence-corrected chi connectivity index (χ1v) is 6.86. The molecule has 0 heterocycles. The molecule has 18 heavy (non-hydrogen) atoms. The Morgan fingerprint density at radius 3 is 2.72 bits per heavy atom. The molecule has 1 fully saturated rings. The SMILES string of the molecule is CCCNc1ccc(C(=O)NC2CCC2)c(C)c1. The minimum atomic E-state index is 0.0687. The Labute approximate surface area is 109 Å². The average molecular weight is 246 g/mol. The molecule has 0 saturated heterocycles. The van der Waals surface area contributed by atoms with E-state index in [9.17, 15) is 4.79 Å². The molecule has 1 saturated carbocycles. The van der Waals surface area contributed by atoms with Crippen LogP contribution in [0.4, 0.5) is 5.69 Å². The van der Waals surface area contributed by atoms with Gasteiger partial charge in [-0.1, -0.05) is 6.92 Å². The summed E-state index contributed by atoms with van der Waals surface area (Å²) < 4.78 is 0. The van der Waals surface area contributed by atoms with Crippen LogP contribution in [0.25, 0.3) is 0 Å². The summed E-state index contributed by atoms with van der Waals surface area (Å²) in [5.41, 5.74) is 2.92. The number of benzene rings is 1. The number of aryl methyl sites for hydroxylation is 1. The maximum Gasteiger partial charge on any atom is 0.251 e. The number of amides is 1. The molecule has 1 aromatic carbocycles. The lowest BCUT2D eigenvalue weighted by atomic mass is 9.92. The second kappa shape index (κ2) is 5.89. The normalized spacial score (nSPS) is 15.0. The maximum atomic E-state index is 12.1. The van der Waals surface area contributed by atoms with Gasteiger partial charge in [-0.2, -0.15) is 0 Å². The molecular formula is C15H22N2O. The van der Waals surface area contributed by atoms with Crippen molar-refractivity contribution in [3.05, 3.63) is 29.3 Å². The lowest BCUT2D eigenvalue weighted by Gasteiger charge is -2.26. The van der Waals surface area contributed by atoms with E-state index >= 15 is 0 Å². The fourth-order valence-corrected chi connectivity index (χ4v) is 2.11. The van der Waals surface area contributed by atoms with Crippen LogP contribution in [-0.4, -0.2) is 18.5 Å². The molecule has 2 rings (SSSR count). The topological polar surface area (TPSA) is 41.1 Å². The van der Waals surface area contributed by atoms with Gasteiger partial charge in [0.25, 0.3) is 5.91 Å². The van der Waals surface area contributed by atoms with Crippen LogP contribution in [0.5, 0.6) is 0 Å². The van der Waals surface area contributed by atoms with Crippen LogP contribution in [0.3, 0.4) is 0 Å². The highest BCUT2D eigenvalue weighted by Gasteiger charge is 2.20. The summed E-state index contributed by atoms with van der Waals surface area (Å²) in [5, 5.41) is 6.41. The van der Waals surface area contributed by atoms with Gasteiger partial charge in [-0.05, 0) is 56.4 Å². The van der Waals surface area contributed by atoms with Gasteiger partial charge in [-0.15, -0.1) is 0 Å². The number of carbonyl (C=O) groups excluding carboxylic acids is 1. The van der Waals surface area contributed by atoms with Gasteiger partial charge in [0.05, 0.1) is 0 Å². The fraction of sp³-hybridized carbons (Fsp3) is 0.533.